The maximum atomic E-state index is 12.4. The summed E-state index contributed by atoms with van der Waals surface area (Å²) in [5.74, 6) is -0.0888. The van der Waals surface area contributed by atoms with Crippen molar-refractivity contribution in [3.63, 3.8) is 0 Å². The maximum absolute atomic E-state index is 12.4. The highest BCUT2D eigenvalue weighted by molar-refractivity contribution is 5.76. The van der Waals surface area contributed by atoms with Crippen LogP contribution in [-0.2, 0) is 14.3 Å². The van der Waals surface area contributed by atoms with Crippen LogP contribution in [0.2, 0.25) is 0 Å². The van der Waals surface area contributed by atoms with Crippen LogP contribution in [0.1, 0.15) is 309 Å². The van der Waals surface area contributed by atoms with E-state index in [-0.39, 0.29) is 18.5 Å². The Labute approximate surface area is 411 Å². The molecular weight excluding hydrogens is 815 g/mol. The van der Waals surface area contributed by atoms with Crippen LogP contribution in [0.3, 0.4) is 0 Å². The summed E-state index contributed by atoms with van der Waals surface area (Å²) in [5, 5.41) is 23.0. The Morgan fingerprint density at radius 2 is 0.742 bits per heavy atom. The number of hydrogen-bond donors (Lipinski definition) is 3. The number of nitrogens with one attached hydrogen (secondary N) is 1. The zero-order valence-electron chi connectivity index (χ0n) is 44.2. The lowest BCUT2D eigenvalue weighted by molar-refractivity contribution is -0.143. The zero-order valence-corrected chi connectivity index (χ0v) is 44.2. The molecule has 0 saturated heterocycles. The van der Waals surface area contributed by atoms with Crippen LogP contribution in [0.4, 0.5) is 0 Å². The van der Waals surface area contributed by atoms with Gasteiger partial charge in [-0.3, -0.25) is 9.59 Å². The number of ether oxygens (including phenoxy) is 1. The summed E-state index contributed by atoms with van der Waals surface area (Å²) in [6.45, 7) is 4.86. The van der Waals surface area contributed by atoms with E-state index in [1.165, 1.54) is 205 Å². The lowest BCUT2D eigenvalue weighted by atomic mass is 10.0. The predicted octanol–water partition coefficient (Wildman–Crippen LogP) is 18.0. The van der Waals surface area contributed by atoms with Crippen molar-refractivity contribution in [1.29, 1.82) is 0 Å². The number of amides is 1. The summed E-state index contributed by atoms with van der Waals surface area (Å²) >= 11 is 0. The molecular formula is C60H113NO5. The van der Waals surface area contributed by atoms with Crippen molar-refractivity contribution in [1.82, 2.24) is 5.32 Å². The summed E-state index contributed by atoms with van der Waals surface area (Å²) < 4.78 is 5.47. The second kappa shape index (κ2) is 55.7. The van der Waals surface area contributed by atoms with Crippen LogP contribution in [0.25, 0.3) is 0 Å². The third-order valence-corrected chi connectivity index (χ3v) is 13.4. The Hall–Kier alpha value is -1.92. The highest BCUT2D eigenvalue weighted by atomic mass is 16.5. The van der Waals surface area contributed by atoms with E-state index in [0.29, 0.717) is 19.4 Å². The van der Waals surface area contributed by atoms with Gasteiger partial charge in [0.1, 0.15) is 0 Å². The zero-order chi connectivity index (χ0) is 47.9. The Morgan fingerprint density at radius 3 is 1.12 bits per heavy atom. The molecule has 2 unspecified atom stereocenters. The summed E-state index contributed by atoms with van der Waals surface area (Å²) in [7, 11) is 0. The average Bonchev–Trinajstić information content (AvgIpc) is 3.32. The molecule has 0 bridgehead atoms. The number of hydrogen-bond acceptors (Lipinski definition) is 5. The smallest absolute Gasteiger partial charge is 0.305 e. The van der Waals surface area contributed by atoms with E-state index in [1.807, 2.05) is 6.08 Å². The Balaban J connectivity index is 3.45. The predicted molar refractivity (Wildman–Crippen MR) is 287 cm³/mol. The molecule has 0 aromatic carbocycles. The highest BCUT2D eigenvalue weighted by Crippen LogP contribution is 2.17. The van der Waals surface area contributed by atoms with E-state index in [9.17, 15) is 19.8 Å². The number of rotatable bonds is 54. The van der Waals surface area contributed by atoms with Crippen LogP contribution in [0.5, 0.6) is 0 Å². The van der Waals surface area contributed by atoms with Gasteiger partial charge >= 0.3 is 5.97 Å². The van der Waals surface area contributed by atoms with E-state index in [2.05, 4.69) is 43.5 Å². The lowest BCUT2D eigenvalue weighted by Gasteiger charge is -2.20. The van der Waals surface area contributed by atoms with Crippen LogP contribution >= 0.6 is 0 Å². The number of carbonyl (C=O) groups excluding carboxylic acids is 2. The first kappa shape index (κ1) is 64.1. The molecule has 66 heavy (non-hydrogen) atoms. The van der Waals surface area contributed by atoms with Crippen molar-refractivity contribution < 1.29 is 24.5 Å². The molecule has 1 amide bonds. The number of allylic oxidation sites excluding steroid dienone is 5. The van der Waals surface area contributed by atoms with Gasteiger partial charge in [0.15, 0.2) is 0 Å². The van der Waals surface area contributed by atoms with E-state index in [4.69, 9.17) is 4.74 Å². The van der Waals surface area contributed by atoms with Crippen LogP contribution in [0, 0.1) is 0 Å². The SMILES string of the molecule is CCCCCCCCCCC/C=C/C(O)C(CO)NC(=O)CCCCCCCCCCCC/C=C\C=C/CCCCCOC(=O)CCCCCCCCCCCCCCCCCCCCC. The molecule has 0 spiro atoms. The van der Waals surface area contributed by atoms with Gasteiger partial charge in [0.25, 0.3) is 0 Å². The second-order valence-electron chi connectivity index (χ2n) is 20.0. The van der Waals surface area contributed by atoms with Gasteiger partial charge in [0.2, 0.25) is 5.91 Å². The highest BCUT2D eigenvalue weighted by Gasteiger charge is 2.18. The van der Waals surface area contributed by atoms with E-state index >= 15 is 0 Å². The molecule has 6 nitrogen and oxygen atoms in total. The second-order valence-corrected chi connectivity index (χ2v) is 20.0. The fourth-order valence-corrected chi connectivity index (χ4v) is 8.92. The van der Waals surface area contributed by atoms with Crippen molar-refractivity contribution in [2.24, 2.45) is 0 Å². The van der Waals surface area contributed by atoms with Crippen molar-refractivity contribution >= 4 is 11.9 Å². The largest absolute Gasteiger partial charge is 0.466 e. The molecule has 388 valence electrons. The Morgan fingerprint density at radius 1 is 0.424 bits per heavy atom. The molecule has 0 saturated carbocycles. The Kier molecular flexibility index (Phi) is 54.1. The number of unbranched alkanes of at least 4 members (excludes halogenated alkanes) is 40. The molecule has 3 N–H and O–H groups in total. The molecule has 0 aliphatic heterocycles. The first-order valence-electron chi connectivity index (χ1n) is 29.3. The number of aliphatic hydroxyl groups excluding tert-OH is 2. The molecule has 0 heterocycles. The fourth-order valence-electron chi connectivity index (χ4n) is 8.92. The van der Waals surface area contributed by atoms with E-state index in [1.54, 1.807) is 6.08 Å². The van der Waals surface area contributed by atoms with Gasteiger partial charge in [-0.2, -0.15) is 0 Å². The minimum absolute atomic E-state index is 0.00968. The molecule has 6 heteroatoms. The molecule has 0 aromatic heterocycles. The van der Waals surface area contributed by atoms with Gasteiger partial charge in [-0.05, 0) is 64.2 Å². The first-order valence-corrected chi connectivity index (χ1v) is 29.3. The van der Waals surface area contributed by atoms with Crippen LogP contribution in [0.15, 0.2) is 36.5 Å². The van der Waals surface area contributed by atoms with Crippen molar-refractivity contribution in [2.45, 2.75) is 321 Å². The number of esters is 1. The molecule has 0 fully saturated rings. The quantitative estimate of drug-likeness (QED) is 0.0244. The summed E-state index contributed by atoms with van der Waals surface area (Å²) in [6, 6.07) is -0.634. The molecule has 2 atom stereocenters. The molecule has 0 radical (unpaired) electrons. The maximum Gasteiger partial charge on any atom is 0.305 e. The standard InChI is InChI=1S/C60H113NO5/c1-3-5-7-9-11-13-15-16-17-18-20-24-27-30-34-38-42-46-50-54-60(65)66-55-51-47-43-39-35-31-28-25-22-19-21-23-26-29-33-37-41-45-49-53-59(64)61-57(56-62)58(63)52-48-44-40-36-32-14-12-10-8-6-4-2/h25,28,31,35,48,52,57-58,62-63H,3-24,26-27,29-30,32-34,36-47,49-51,53-56H2,1-2H3,(H,61,64)/b28-25-,35-31-,52-48+. The monoisotopic (exact) mass is 928 g/mol. The van der Waals surface area contributed by atoms with Gasteiger partial charge in [-0.25, -0.2) is 0 Å². The fraction of sp³-hybridized carbons (Fsp3) is 0.867. The van der Waals surface area contributed by atoms with Crippen molar-refractivity contribution in [2.75, 3.05) is 13.2 Å². The number of aliphatic hydroxyl groups is 2. The molecule has 0 aliphatic carbocycles. The summed E-state index contributed by atoms with van der Waals surface area (Å²) in [5.41, 5.74) is 0. The van der Waals surface area contributed by atoms with Crippen molar-refractivity contribution in [3.05, 3.63) is 36.5 Å². The van der Waals surface area contributed by atoms with Gasteiger partial charge in [0.05, 0.1) is 25.4 Å². The van der Waals surface area contributed by atoms with Gasteiger partial charge in [-0.1, -0.05) is 269 Å². The average molecular weight is 929 g/mol. The summed E-state index contributed by atoms with van der Waals surface area (Å²) in [4.78, 5) is 24.5. The van der Waals surface area contributed by atoms with Crippen molar-refractivity contribution in [3.8, 4) is 0 Å². The topological polar surface area (TPSA) is 95.9 Å². The normalized spacial score (nSPS) is 12.8. The molecule has 0 aromatic rings. The van der Waals surface area contributed by atoms with E-state index < -0.39 is 12.1 Å². The third kappa shape index (κ3) is 51.5. The van der Waals surface area contributed by atoms with Gasteiger partial charge in [0, 0.05) is 12.8 Å². The number of carbonyl (C=O) groups is 2. The van der Waals surface area contributed by atoms with Crippen LogP contribution in [-0.4, -0.2) is 47.4 Å². The van der Waals surface area contributed by atoms with Crippen LogP contribution < -0.4 is 5.32 Å². The molecule has 0 aliphatic rings. The van der Waals surface area contributed by atoms with Gasteiger partial charge < -0.3 is 20.3 Å². The minimum Gasteiger partial charge on any atom is -0.466 e. The lowest BCUT2D eigenvalue weighted by Crippen LogP contribution is -2.45. The third-order valence-electron chi connectivity index (χ3n) is 13.4. The first-order chi connectivity index (χ1) is 32.5. The Bertz CT molecular complexity index is 1070. The minimum atomic E-state index is -0.850. The van der Waals surface area contributed by atoms with Gasteiger partial charge in [-0.15, -0.1) is 0 Å². The molecule has 0 rings (SSSR count). The summed E-state index contributed by atoms with van der Waals surface area (Å²) in [6.07, 6.45) is 68.9. The van der Waals surface area contributed by atoms with E-state index in [0.717, 1.165) is 77.0 Å².